The van der Waals surface area contributed by atoms with Crippen molar-refractivity contribution in [1.29, 1.82) is 5.26 Å². The van der Waals surface area contributed by atoms with E-state index in [1.807, 2.05) is 11.0 Å². The summed E-state index contributed by atoms with van der Waals surface area (Å²) in [4.78, 5) is 15.7. The van der Waals surface area contributed by atoms with Crippen molar-refractivity contribution in [3.05, 3.63) is 41.3 Å². The van der Waals surface area contributed by atoms with E-state index >= 15 is 0 Å². The highest BCUT2D eigenvalue weighted by atomic mass is 19.1. The Morgan fingerprint density at radius 1 is 1.38 bits per heavy atom. The summed E-state index contributed by atoms with van der Waals surface area (Å²) in [6.07, 6.45) is 0. The van der Waals surface area contributed by atoms with Crippen molar-refractivity contribution in [3.8, 4) is 6.07 Å². The van der Waals surface area contributed by atoms with E-state index in [2.05, 4.69) is 10.5 Å². The molecule has 0 radical (unpaired) electrons. The van der Waals surface area contributed by atoms with Crippen LogP contribution in [0.2, 0.25) is 0 Å². The molecule has 124 valence electrons. The molecule has 0 unspecified atom stereocenters. The number of rotatable bonds is 2. The number of piperazine rings is 1. The fourth-order valence-electron chi connectivity index (χ4n) is 2.64. The van der Waals surface area contributed by atoms with E-state index in [9.17, 15) is 9.18 Å². The standard InChI is InChI=1S/C16H16FN5O2/c1-11-9-15(24-20-11)19-16(23)22-7-5-21(6-8-22)14-4-2-3-13(17)12(14)10-18/h2-4,9H,5-8H2,1H3,(H,19,23). The van der Waals surface area contributed by atoms with E-state index in [-0.39, 0.29) is 11.6 Å². The molecule has 1 saturated heterocycles. The maximum Gasteiger partial charge on any atom is 0.324 e. The first-order valence-electron chi connectivity index (χ1n) is 7.51. The van der Waals surface area contributed by atoms with Crippen molar-refractivity contribution in [2.24, 2.45) is 0 Å². The van der Waals surface area contributed by atoms with Crippen LogP contribution >= 0.6 is 0 Å². The van der Waals surface area contributed by atoms with Gasteiger partial charge in [-0.15, -0.1) is 0 Å². The summed E-state index contributed by atoms with van der Waals surface area (Å²) in [5.41, 5.74) is 1.28. The van der Waals surface area contributed by atoms with E-state index in [0.717, 1.165) is 0 Å². The molecule has 3 rings (SSSR count). The van der Waals surface area contributed by atoms with Gasteiger partial charge in [0.15, 0.2) is 0 Å². The van der Waals surface area contributed by atoms with Crippen LogP contribution in [0.25, 0.3) is 0 Å². The number of aromatic nitrogens is 1. The van der Waals surface area contributed by atoms with Crippen molar-refractivity contribution in [2.75, 3.05) is 36.4 Å². The molecule has 2 heterocycles. The van der Waals surface area contributed by atoms with Crippen molar-refractivity contribution in [3.63, 3.8) is 0 Å². The Hall–Kier alpha value is -3.08. The maximum atomic E-state index is 13.7. The molecule has 1 aromatic carbocycles. The number of hydrogen-bond acceptors (Lipinski definition) is 5. The van der Waals surface area contributed by atoms with Gasteiger partial charge in [-0.1, -0.05) is 11.2 Å². The second kappa shape index (κ2) is 6.58. The van der Waals surface area contributed by atoms with Gasteiger partial charge in [0.05, 0.1) is 11.4 Å². The number of nitriles is 1. The van der Waals surface area contributed by atoms with Gasteiger partial charge in [-0.3, -0.25) is 5.32 Å². The first kappa shape index (κ1) is 15.8. The van der Waals surface area contributed by atoms with Gasteiger partial charge in [-0.2, -0.15) is 5.26 Å². The van der Waals surface area contributed by atoms with Gasteiger partial charge in [0.25, 0.3) is 0 Å². The first-order valence-corrected chi connectivity index (χ1v) is 7.51. The first-order chi connectivity index (χ1) is 11.6. The molecule has 24 heavy (non-hydrogen) atoms. The lowest BCUT2D eigenvalue weighted by molar-refractivity contribution is 0.207. The molecule has 1 aliphatic rings. The summed E-state index contributed by atoms with van der Waals surface area (Å²) < 4.78 is 18.7. The normalized spacial score (nSPS) is 14.4. The zero-order valence-electron chi connectivity index (χ0n) is 13.1. The third-order valence-corrected chi connectivity index (χ3v) is 3.87. The minimum Gasteiger partial charge on any atom is -0.367 e. The Balaban J connectivity index is 1.63. The molecule has 2 amide bonds. The Labute approximate surface area is 138 Å². The number of aryl methyl sites for hydroxylation is 1. The van der Waals surface area contributed by atoms with E-state index in [1.54, 1.807) is 30.0 Å². The van der Waals surface area contributed by atoms with E-state index in [0.29, 0.717) is 43.4 Å². The topological polar surface area (TPSA) is 85.4 Å². The van der Waals surface area contributed by atoms with Gasteiger partial charge in [0.1, 0.15) is 17.4 Å². The quantitative estimate of drug-likeness (QED) is 0.914. The van der Waals surface area contributed by atoms with Crippen LogP contribution in [0.15, 0.2) is 28.8 Å². The fraction of sp³-hybridized carbons (Fsp3) is 0.312. The van der Waals surface area contributed by atoms with Crippen LogP contribution in [-0.4, -0.2) is 42.3 Å². The van der Waals surface area contributed by atoms with Crippen LogP contribution in [0, 0.1) is 24.1 Å². The Bertz CT molecular complexity index is 790. The third kappa shape index (κ3) is 3.15. The van der Waals surface area contributed by atoms with E-state index in [4.69, 9.17) is 9.78 Å². The van der Waals surface area contributed by atoms with Crippen molar-refractivity contribution in [1.82, 2.24) is 10.1 Å². The summed E-state index contributed by atoms with van der Waals surface area (Å²) in [5.74, 6) is -0.229. The molecule has 1 aliphatic heterocycles. The van der Waals surface area contributed by atoms with Crippen molar-refractivity contribution in [2.45, 2.75) is 6.92 Å². The number of halogens is 1. The number of anilines is 2. The predicted molar refractivity (Wildman–Crippen MR) is 85.2 cm³/mol. The number of amides is 2. The smallest absolute Gasteiger partial charge is 0.324 e. The minimum absolute atomic E-state index is 0.0348. The lowest BCUT2D eigenvalue weighted by Crippen LogP contribution is -2.50. The van der Waals surface area contributed by atoms with Crippen LogP contribution in [0.5, 0.6) is 0 Å². The zero-order valence-corrected chi connectivity index (χ0v) is 13.1. The van der Waals surface area contributed by atoms with E-state index in [1.165, 1.54) is 6.07 Å². The summed E-state index contributed by atoms with van der Waals surface area (Å²) in [6, 6.07) is 7.83. The average Bonchev–Trinajstić information content (AvgIpc) is 2.99. The van der Waals surface area contributed by atoms with Crippen LogP contribution in [0.1, 0.15) is 11.3 Å². The molecule has 0 aliphatic carbocycles. The lowest BCUT2D eigenvalue weighted by Gasteiger charge is -2.36. The maximum absolute atomic E-state index is 13.7. The Kier molecular flexibility index (Phi) is 4.33. The summed E-state index contributed by atoms with van der Waals surface area (Å²) in [7, 11) is 0. The predicted octanol–water partition coefficient (Wildman–Crippen LogP) is 2.35. The van der Waals surface area contributed by atoms with Crippen LogP contribution in [0.3, 0.4) is 0 Å². The van der Waals surface area contributed by atoms with Gasteiger partial charge in [0.2, 0.25) is 5.88 Å². The van der Waals surface area contributed by atoms with Crippen LogP contribution in [0.4, 0.5) is 20.8 Å². The van der Waals surface area contributed by atoms with Crippen LogP contribution < -0.4 is 10.2 Å². The molecular formula is C16H16FN5O2. The van der Waals surface area contributed by atoms with Gasteiger partial charge >= 0.3 is 6.03 Å². The summed E-state index contributed by atoms with van der Waals surface area (Å²) >= 11 is 0. The summed E-state index contributed by atoms with van der Waals surface area (Å²) in [5, 5.41) is 15.5. The molecule has 7 nitrogen and oxygen atoms in total. The third-order valence-electron chi connectivity index (χ3n) is 3.87. The SMILES string of the molecule is Cc1cc(NC(=O)N2CCN(c3cccc(F)c3C#N)CC2)on1. The number of nitrogens with zero attached hydrogens (tertiary/aromatic N) is 4. The molecule has 2 aromatic rings. The minimum atomic E-state index is -0.532. The Morgan fingerprint density at radius 3 is 2.75 bits per heavy atom. The molecule has 0 bridgehead atoms. The highest BCUT2D eigenvalue weighted by molar-refractivity contribution is 5.88. The number of benzene rings is 1. The fourth-order valence-corrected chi connectivity index (χ4v) is 2.64. The molecule has 8 heteroatoms. The second-order valence-electron chi connectivity index (χ2n) is 5.48. The zero-order chi connectivity index (χ0) is 17.1. The van der Waals surface area contributed by atoms with Crippen LogP contribution in [-0.2, 0) is 0 Å². The highest BCUT2D eigenvalue weighted by Gasteiger charge is 2.24. The van der Waals surface area contributed by atoms with Gasteiger partial charge < -0.3 is 14.3 Å². The molecule has 0 spiro atoms. The molecule has 0 saturated carbocycles. The van der Waals surface area contributed by atoms with Gasteiger partial charge in [-0.25, -0.2) is 9.18 Å². The van der Waals surface area contributed by atoms with Gasteiger partial charge in [0, 0.05) is 32.2 Å². The van der Waals surface area contributed by atoms with Crippen molar-refractivity contribution >= 4 is 17.6 Å². The highest BCUT2D eigenvalue weighted by Crippen LogP contribution is 2.23. The molecule has 1 N–H and O–H groups in total. The summed E-state index contributed by atoms with van der Waals surface area (Å²) in [6.45, 7) is 3.71. The van der Waals surface area contributed by atoms with Crippen molar-refractivity contribution < 1.29 is 13.7 Å². The molecule has 1 fully saturated rings. The number of carbonyl (C=O) groups is 1. The molecule has 0 atom stereocenters. The monoisotopic (exact) mass is 329 g/mol. The Morgan fingerprint density at radius 2 is 2.12 bits per heavy atom. The largest absolute Gasteiger partial charge is 0.367 e. The molecule has 1 aromatic heterocycles. The average molecular weight is 329 g/mol. The number of hydrogen-bond donors (Lipinski definition) is 1. The second-order valence-corrected chi connectivity index (χ2v) is 5.48. The lowest BCUT2D eigenvalue weighted by atomic mass is 10.1. The number of carbonyl (C=O) groups excluding carboxylic acids is 1. The number of urea groups is 1. The van der Waals surface area contributed by atoms with E-state index < -0.39 is 5.82 Å². The van der Waals surface area contributed by atoms with Gasteiger partial charge in [-0.05, 0) is 19.1 Å². The number of nitrogens with one attached hydrogen (secondary N) is 1. The molecular weight excluding hydrogens is 313 g/mol.